The molecule has 0 aliphatic carbocycles. The summed E-state index contributed by atoms with van der Waals surface area (Å²) < 4.78 is 34.0. The van der Waals surface area contributed by atoms with Gasteiger partial charge in [0, 0.05) is 10.7 Å². The Labute approximate surface area is 188 Å². The van der Waals surface area contributed by atoms with Gasteiger partial charge < -0.3 is 14.8 Å². The van der Waals surface area contributed by atoms with Gasteiger partial charge in [-0.1, -0.05) is 23.7 Å². The molecule has 0 aromatic heterocycles. The molecule has 0 saturated heterocycles. The van der Waals surface area contributed by atoms with E-state index in [1.807, 2.05) is 0 Å². The van der Waals surface area contributed by atoms with E-state index in [-0.39, 0.29) is 31.4 Å². The number of alkyl halides is 2. The lowest BCUT2D eigenvalue weighted by Gasteiger charge is -2.24. The van der Waals surface area contributed by atoms with Gasteiger partial charge in [0.15, 0.2) is 0 Å². The average Bonchev–Trinajstić information content (AvgIpc) is 3.07. The van der Waals surface area contributed by atoms with Crippen molar-refractivity contribution in [2.45, 2.75) is 20.5 Å². The summed E-state index contributed by atoms with van der Waals surface area (Å²) in [7, 11) is 0. The lowest BCUT2D eigenvalue weighted by Crippen LogP contribution is -2.41. The molecule has 1 heterocycles. The summed E-state index contributed by atoms with van der Waals surface area (Å²) in [6.07, 6.45) is 0. The Morgan fingerprint density at radius 3 is 2.44 bits per heavy atom. The summed E-state index contributed by atoms with van der Waals surface area (Å²) in [4.78, 5) is 25.2. The van der Waals surface area contributed by atoms with Crippen molar-refractivity contribution < 1.29 is 27.8 Å². The van der Waals surface area contributed by atoms with Crippen LogP contribution in [0, 0.1) is 5.41 Å². The van der Waals surface area contributed by atoms with Gasteiger partial charge >= 0.3 is 12.6 Å². The van der Waals surface area contributed by atoms with E-state index in [1.54, 1.807) is 38.1 Å². The monoisotopic (exact) mass is 465 g/mol. The molecule has 0 saturated carbocycles. The van der Waals surface area contributed by atoms with E-state index in [2.05, 4.69) is 15.2 Å². The third-order valence-electron chi connectivity index (χ3n) is 4.80. The summed E-state index contributed by atoms with van der Waals surface area (Å²) in [5.41, 5.74) is 0.514. The Balaban J connectivity index is 1.73. The van der Waals surface area contributed by atoms with Crippen LogP contribution in [0.4, 0.5) is 14.5 Å². The standard InChI is InChI=1S/C22H22ClF2N3O4/c1-3-31-20(30)22(2)13-28(27-19(22)14-4-6-15(23)7-5-14)12-18(29)26-16-8-10-17(11-9-16)32-21(24)25/h4-11,21H,3,12-13H2,1-2H3,(H,26,29). The molecule has 0 spiro atoms. The minimum absolute atomic E-state index is 0.0139. The number of hydrazone groups is 1. The minimum Gasteiger partial charge on any atom is -0.465 e. The van der Waals surface area contributed by atoms with E-state index >= 15 is 0 Å². The van der Waals surface area contributed by atoms with Crippen LogP contribution in [0.3, 0.4) is 0 Å². The number of carbonyl (C=O) groups is 2. The van der Waals surface area contributed by atoms with Crippen LogP contribution in [0.1, 0.15) is 19.4 Å². The fraction of sp³-hybridized carbons (Fsp3) is 0.318. The second-order valence-electron chi connectivity index (χ2n) is 7.28. The highest BCUT2D eigenvalue weighted by Gasteiger charge is 2.47. The van der Waals surface area contributed by atoms with Crippen molar-refractivity contribution in [3.63, 3.8) is 0 Å². The number of nitrogens with zero attached hydrogens (tertiary/aromatic N) is 2. The summed E-state index contributed by atoms with van der Waals surface area (Å²) in [5, 5.41) is 9.22. The third kappa shape index (κ3) is 5.53. The summed E-state index contributed by atoms with van der Waals surface area (Å²) >= 11 is 5.97. The van der Waals surface area contributed by atoms with E-state index in [1.165, 1.54) is 29.3 Å². The van der Waals surface area contributed by atoms with E-state index in [4.69, 9.17) is 16.3 Å². The number of rotatable bonds is 8. The largest absolute Gasteiger partial charge is 0.465 e. The summed E-state index contributed by atoms with van der Waals surface area (Å²) in [6.45, 7) is 0.761. The number of anilines is 1. The fourth-order valence-electron chi connectivity index (χ4n) is 3.34. The molecule has 10 heteroatoms. The number of nitrogens with one attached hydrogen (secondary N) is 1. The van der Waals surface area contributed by atoms with Crippen molar-refractivity contribution in [1.29, 1.82) is 0 Å². The van der Waals surface area contributed by atoms with Crippen LogP contribution in [0.25, 0.3) is 0 Å². The van der Waals surface area contributed by atoms with Gasteiger partial charge in [-0.25, -0.2) is 0 Å². The van der Waals surface area contributed by atoms with Crippen LogP contribution in [0.15, 0.2) is 53.6 Å². The van der Waals surface area contributed by atoms with Gasteiger partial charge in [-0.2, -0.15) is 13.9 Å². The molecule has 1 unspecified atom stereocenters. The zero-order valence-corrected chi connectivity index (χ0v) is 18.2. The lowest BCUT2D eigenvalue weighted by atomic mass is 9.82. The maximum Gasteiger partial charge on any atom is 0.387 e. The van der Waals surface area contributed by atoms with Crippen LogP contribution >= 0.6 is 11.6 Å². The molecule has 3 rings (SSSR count). The van der Waals surface area contributed by atoms with Crippen molar-refractivity contribution in [3.8, 4) is 5.75 Å². The third-order valence-corrected chi connectivity index (χ3v) is 5.05. The molecule has 170 valence electrons. The second-order valence-corrected chi connectivity index (χ2v) is 7.72. The van der Waals surface area contributed by atoms with E-state index < -0.39 is 18.0 Å². The Hall–Kier alpha value is -3.20. The molecule has 1 N–H and O–H groups in total. The highest BCUT2D eigenvalue weighted by Crippen LogP contribution is 2.33. The topological polar surface area (TPSA) is 80.2 Å². The van der Waals surface area contributed by atoms with Crippen LogP contribution in [0.5, 0.6) is 5.75 Å². The molecule has 0 bridgehead atoms. The second kappa shape index (κ2) is 9.95. The van der Waals surface area contributed by atoms with Gasteiger partial charge in [-0.3, -0.25) is 14.6 Å². The first-order valence-corrected chi connectivity index (χ1v) is 10.2. The van der Waals surface area contributed by atoms with Crippen molar-refractivity contribution in [1.82, 2.24) is 5.01 Å². The molecule has 0 radical (unpaired) electrons. The SMILES string of the molecule is CCOC(=O)C1(C)CN(CC(=O)Nc2ccc(OC(F)F)cc2)N=C1c1ccc(Cl)cc1. The molecule has 7 nitrogen and oxygen atoms in total. The number of amides is 1. The maximum atomic E-state index is 12.7. The number of halogens is 3. The van der Waals surface area contributed by atoms with Crippen molar-refractivity contribution in [2.24, 2.45) is 10.5 Å². The van der Waals surface area contributed by atoms with E-state index in [0.29, 0.717) is 22.0 Å². The van der Waals surface area contributed by atoms with Gasteiger partial charge in [0.2, 0.25) is 5.91 Å². The Bertz CT molecular complexity index is 999. The molecule has 0 fully saturated rings. The van der Waals surface area contributed by atoms with Crippen LogP contribution in [-0.2, 0) is 14.3 Å². The van der Waals surface area contributed by atoms with Gasteiger partial charge in [-0.15, -0.1) is 0 Å². The smallest absolute Gasteiger partial charge is 0.387 e. The average molecular weight is 466 g/mol. The predicted octanol–water partition coefficient (Wildman–Crippen LogP) is 4.17. The highest BCUT2D eigenvalue weighted by atomic mass is 35.5. The fourth-order valence-corrected chi connectivity index (χ4v) is 3.47. The number of esters is 1. The first-order valence-electron chi connectivity index (χ1n) is 9.83. The predicted molar refractivity (Wildman–Crippen MR) is 116 cm³/mol. The van der Waals surface area contributed by atoms with Gasteiger partial charge in [0.25, 0.3) is 0 Å². The van der Waals surface area contributed by atoms with E-state index in [0.717, 1.165) is 0 Å². The molecule has 2 aromatic rings. The molecule has 32 heavy (non-hydrogen) atoms. The van der Waals surface area contributed by atoms with E-state index in [9.17, 15) is 18.4 Å². The number of hydrogen-bond acceptors (Lipinski definition) is 6. The normalized spacial score (nSPS) is 17.8. The highest BCUT2D eigenvalue weighted by molar-refractivity contribution is 6.30. The van der Waals surface area contributed by atoms with Crippen molar-refractivity contribution >= 4 is 34.9 Å². The quantitative estimate of drug-likeness (QED) is 0.592. The minimum atomic E-state index is -2.92. The first-order chi connectivity index (χ1) is 15.2. The summed E-state index contributed by atoms with van der Waals surface area (Å²) in [5.74, 6) is -0.842. The molecule has 1 aliphatic rings. The lowest BCUT2D eigenvalue weighted by molar-refractivity contribution is -0.150. The molecule has 1 amide bonds. The Morgan fingerprint density at radius 2 is 1.84 bits per heavy atom. The van der Waals surface area contributed by atoms with Gasteiger partial charge in [0.1, 0.15) is 17.7 Å². The van der Waals surface area contributed by atoms with Crippen molar-refractivity contribution in [3.05, 3.63) is 59.1 Å². The molecule has 1 atom stereocenters. The first kappa shape index (κ1) is 23.5. The molecule has 2 aromatic carbocycles. The number of ether oxygens (including phenoxy) is 2. The van der Waals surface area contributed by atoms with Crippen LogP contribution in [0.2, 0.25) is 5.02 Å². The van der Waals surface area contributed by atoms with Crippen LogP contribution < -0.4 is 10.1 Å². The number of carbonyl (C=O) groups excluding carboxylic acids is 2. The molecule has 1 aliphatic heterocycles. The maximum absolute atomic E-state index is 12.7. The Morgan fingerprint density at radius 1 is 1.19 bits per heavy atom. The zero-order chi connectivity index (χ0) is 23.3. The zero-order valence-electron chi connectivity index (χ0n) is 17.5. The Kier molecular flexibility index (Phi) is 7.29. The molecular formula is C22H22ClF2N3O4. The van der Waals surface area contributed by atoms with Crippen LogP contribution in [-0.4, -0.2) is 48.9 Å². The van der Waals surface area contributed by atoms with Crippen molar-refractivity contribution in [2.75, 3.05) is 25.0 Å². The molecular weight excluding hydrogens is 444 g/mol. The number of hydrogen-bond donors (Lipinski definition) is 1. The summed E-state index contributed by atoms with van der Waals surface area (Å²) in [6, 6.07) is 12.5. The number of benzene rings is 2. The van der Waals surface area contributed by atoms with Gasteiger partial charge in [0.05, 0.1) is 18.9 Å². The van der Waals surface area contributed by atoms with Gasteiger partial charge in [-0.05, 0) is 55.8 Å².